The third kappa shape index (κ3) is 5.10. The van der Waals surface area contributed by atoms with Gasteiger partial charge in [0.05, 0.1) is 13.2 Å². The van der Waals surface area contributed by atoms with E-state index in [0.29, 0.717) is 17.8 Å². The summed E-state index contributed by atoms with van der Waals surface area (Å²) in [5.74, 6) is 1.95. The molecule has 162 valence electrons. The normalized spacial score (nSPS) is 18.8. The fourth-order valence-corrected chi connectivity index (χ4v) is 3.84. The van der Waals surface area contributed by atoms with E-state index in [0.717, 1.165) is 36.5 Å². The van der Waals surface area contributed by atoms with Gasteiger partial charge in [-0.25, -0.2) is 0 Å². The Bertz CT molecular complexity index is 1020. The molecule has 0 aliphatic carbocycles. The Balaban J connectivity index is 1.34. The zero-order chi connectivity index (χ0) is 21.8. The maximum Gasteiger partial charge on any atom is 0.244 e. The number of amides is 1. The molecule has 2 atom stereocenters. The van der Waals surface area contributed by atoms with Crippen molar-refractivity contribution in [1.82, 2.24) is 20.4 Å². The predicted octanol–water partition coefficient (Wildman–Crippen LogP) is 3.24. The van der Waals surface area contributed by atoms with Gasteiger partial charge in [0.1, 0.15) is 5.75 Å². The van der Waals surface area contributed by atoms with Crippen molar-refractivity contribution in [1.29, 1.82) is 0 Å². The molecule has 2 unspecified atom stereocenters. The van der Waals surface area contributed by atoms with Crippen LogP contribution in [0.25, 0.3) is 11.4 Å². The summed E-state index contributed by atoms with van der Waals surface area (Å²) in [4.78, 5) is 18.0. The van der Waals surface area contributed by atoms with E-state index in [-0.39, 0.29) is 11.9 Å². The molecule has 3 aromatic rings. The van der Waals surface area contributed by atoms with Gasteiger partial charge in [0, 0.05) is 37.3 Å². The molecule has 1 amide bonds. The van der Waals surface area contributed by atoms with E-state index in [9.17, 15) is 4.79 Å². The van der Waals surface area contributed by atoms with Gasteiger partial charge >= 0.3 is 0 Å². The summed E-state index contributed by atoms with van der Waals surface area (Å²) in [5, 5.41) is 10.6. The van der Waals surface area contributed by atoms with Crippen LogP contribution < -0.4 is 15.4 Å². The number of likely N-dealkylation sites (tertiary alicyclic amines) is 1. The van der Waals surface area contributed by atoms with E-state index in [2.05, 4.69) is 32.7 Å². The number of hydrogen-bond acceptors (Lipinski definition) is 7. The number of methoxy groups -OCH3 is 1. The number of nitrogens with one attached hydrogen (secondary N) is 2. The highest BCUT2D eigenvalue weighted by molar-refractivity contribution is 5.88. The largest absolute Gasteiger partial charge is 0.497 e. The molecular weight excluding hydrogens is 394 g/mol. The molecule has 31 heavy (non-hydrogen) atoms. The quantitative estimate of drug-likeness (QED) is 0.605. The molecule has 0 bridgehead atoms. The maximum atomic E-state index is 11.1. The number of benzene rings is 2. The third-order valence-corrected chi connectivity index (χ3v) is 5.49. The van der Waals surface area contributed by atoms with Crippen molar-refractivity contribution < 1.29 is 14.1 Å². The molecule has 4 rings (SSSR count). The summed E-state index contributed by atoms with van der Waals surface area (Å²) in [7, 11) is 3.72. The zero-order valence-corrected chi connectivity index (χ0v) is 18.0. The lowest BCUT2D eigenvalue weighted by Gasteiger charge is -2.14. The summed E-state index contributed by atoms with van der Waals surface area (Å²) in [6.07, 6.45) is 0.894. The average Bonchev–Trinajstić information content (AvgIpc) is 3.39. The average molecular weight is 422 g/mol. The van der Waals surface area contributed by atoms with Gasteiger partial charge in [0.15, 0.2) is 0 Å². The van der Waals surface area contributed by atoms with Crippen LogP contribution in [-0.4, -0.2) is 47.7 Å². The van der Waals surface area contributed by atoms with E-state index < -0.39 is 0 Å². The van der Waals surface area contributed by atoms with E-state index in [1.807, 2.05) is 48.5 Å². The van der Waals surface area contributed by atoms with Crippen molar-refractivity contribution in [3.63, 3.8) is 0 Å². The molecule has 1 saturated heterocycles. The van der Waals surface area contributed by atoms with E-state index in [4.69, 9.17) is 9.26 Å². The molecule has 0 spiro atoms. The second-order valence-corrected chi connectivity index (χ2v) is 7.83. The van der Waals surface area contributed by atoms with Crippen LogP contribution >= 0.6 is 0 Å². The van der Waals surface area contributed by atoms with E-state index in [1.54, 1.807) is 7.11 Å². The molecule has 1 aliphatic heterocycles. The molecule has 8 heteroatoms. The summed E-state index contributed by atoms with van der Waals surface area (Å²) in [5.41, 5.74) is 2.87. The number of anilines is 1. The van der Waals surface area contributed by atoms with Crippen LogP contribution in [0.4, 0.5) is 5.69 Å². The second kappa shape index (κ2) is 9.28. The first-order chi connectivity index (χ1) is 15.0. The summed E-state index contributed by atoms with van der Waals surface area (Å²) in [6, 6.07) is 15.9. The van der Waals surface area contributed by atoms with Gasteiger partial charge in [-0.05, 0) is 55.4 Å². The lowest BCUT2D eigenvalue weighted by atomic mass is 10.1. The van der Waals surface area contributed by atoms with Crippen LogP contribution in [0.3, 0.4) is 0 Å². The highest BCUT2D eigenvalue weighted by Crippen LogP contribution is 2.31. The number of likely N-dealkylation sites (N-methyl/N-ethyl adjacent to an activating group) is 1. The second-order valence-electron chi connectivity index (χ2n) is 7.83. The van der Waals surface area contributed by atoms with E-state index >= 15 is 0 Å². The smallest absolute Gasteiger partial charge is 0.244 e. The Kier molecular flexibility index (Phi) is 6.29. The number of rotatable bonds is 7. The highest BCUT2D eigenvalue weighted by Gasteiger charge is 2.34. The molecule has 2 heterocycles. The van der Waals surface area contributed by atoms with Crippen molar-refractivity contribution in [2.45, 2.75) is 32.0 Å². The number of ether oxygens (including phenoxy) is 1. The number of nitrogens with zero attached hydrogens (tertiary/aromatic N) is 3. The molecule has 0 saturated carbocycles. The van der Waals surface area contributed by atoms with Crippen LogP contribution in [-0.2, 0) is 11.3 Å². The lowest BCUT2D eigenvalue weighted by molar-refractivity contribution is -0.114. The van der Waals surface area contributed by atoms with Crippen LogP contribution in [0.2, 0.25) is 0 Å². The van der Waals surface area contributed by atoms with Crippen molar-refractivity contribution in [2.24, 2.45) is 0 Å². The van der Waals surface area contributed by atoms with Crippen molar-refractivity contribution in [3.8, 4) is 17.1 Å². The first kappa shape index (κ1) is 21.0. The van der Waals surface area contributed by atoms with Gasteiger partial charge in [-0.1, -0.05) is 17.3 Å². The monoisotopic (exact) mass is 421 g/mol. The van der Waals surface area contributed by atoms with Crippen LogP contribution in [0.1, 0.15) is 30.8 Å². The molecule has 1 fully saturated rings. The minimum Gasteiger partial charge on any atom is -0.497 e. The summed E-state index contributed by atoms with van der Waals surface area (Å²) >= 11 is 0. The van der Waals surface area contributed by atoms with Gasteiger partial charge in [-0.3, -0.25) is 9.69 Å². The van der Waals surface area contributed by atoms with Gasteiger partial charge in [0.2, 0.25) is 17.6 Å². The predicted molar refractivity (Wildman–Crippen MR) is 118 cm³/mol. The van der Waals surface area contributed by atoms with Crippen LogP contribution in [0, 0.1) is 0 Å². The third-order valence-electron chi connectivity index (χ3n) is 5.49. The molecule has 2 N–H and O–H groups in total. The molecule has 2 aromatic carbocycles. The minimum absolute atomic E-state index is 0.0675. The first-order valence-electron chi connectivity index (χ1n) is 10.3. The van der Waals surface area contributed by atoms with Crippen molar-refractivity contribution >= 4 is 11.6 Å². The minimum atomic E-state index is -0.0675. The lowest BCUT2D eigenvalue weighted by Crippen LogP contribution is -2.30. The Morgan fingerprint density at radius 2 is 1.94 bits per heavy atom. The van der Waals surface area contributed by atoms with Crippen LogP contribution in [0.15, 0.2) is 53.1 Å². The molecule has 0 radical (unpaired) electrons. The standard InChI is InChI=1S/C23H27N5O3/c1-15(29)25-18-8-4-16(5-9-18)13-24-19-12-21(28(2)14-19)23-26-22(27-31-23)17-6-10-20(30-3)11-7-17/h4-11,19,21,24H,12-14H2,1-3H3,(H,25,29). The van der Waals surface area contributed by atoms with Gasteiger partial charge in [-0.2, -0.15) is 4.98 Å². The Morgan fingerprint density at radius 1 is 1.19 bits per heavy atom. The van der Waals surface area contributed by atoms with Crippen LogP contribution in [0.5, 0.6) is 5.75 Å². The SMILES string of the molecule is COc1ccc(-c2noc(C3CC(NCc4ccc(NC(C)=O)cc4)CN3C)n2)cc1. The Labute approximate surface area is 181 Å². The molecule has 8 nitrogen and oxygen atoms in total. The molecule has 1 aromatic heterocycles. The zero-order valence-electron chi connectivity index (χ0n) is 18.0. The summed E-state index contributed by atoms with van der Waals surface area (Å²) < 4.78 is 10.8. The summed E-state index contributed by atoms with van der Waals surface area (Å²) in [6.45, 7) is 3.16. The molecular formula is C23H27N5O3. The van der Waals surface area contributed by atoms with Crippen molar-refractivity contribution in [2.75, 3.05) is 26.0 Å². The van der Waals surface area contributed by atoms with Gasteiger partial charge in [0.25, 0.3) is 0 Å². The number of carbonyl (C=O) groups is 1. The fraction of sp³-hybridized carbons (Fsp3) is 0.348. The number of hydrogen-bond donors (Lipinski definition) is 2. The van der Waals surface area contributed by atoms with Gasteiger partial charge in [-0.15, -0.1) is 0 Å². The Morgan fingerprint density at radius 3 is 2.61 bits per heavy atom. The number of carbonyl (C=O) groups excluding carboxylic acids is 1. The number of aromatic nitrogens is 2. The maximum absolute atomic E-state index is 11.1. The first-order valence-corrected chi connectivity index (χ1v) is 10.3. The molecule has 1 aliphatic rings. The van der Waals surface area contributed by atoms with Gasteiger partial charge < -0.3 is 19.9 Å². The Hall–Kier alpha value is -3.23. The highest BCUT2D eigenvalue weighted by atomic mass is 16.5. The van der Waals surface area contributed by atoms with Crippen molar-refractivity contribution in [3.05, 3.63) is 60.0 Å². The fourth-order valence-electron chi connectivity index (χ4n) is 3.84. The topological polar surface area (TPSA) is 92.5 Å². The van der Waals surface area contributed by atoms with E-state index in [1.165, 1.54) is 12.5 Å².